The SMILES string of the molecule is C=C/C(=C\C=C(/C)F)C(COC)N(CC)Cc1ccccc1. The molecule has 120 valence electrons. The lowest BCUT2D eigenvalue weighted by Gasteiger charge is -2.31. The number of methoxy groups -OCH3 is 1. The quantitative estimate of drug-likeness (QED) is 0.622. The minimum absolute atomic E-state index is 0.0447. The molecule has 1 atom stereocenters. The van der Waals surface area contributed by atoms with Gasteiger partial charge in [-0.3, -0.25) is 4.90 Å². The second-order valence-corrected chi connectivity index (χ2v) is 5.14. The molecule has 0 saturated heterocycles. The molecule has 2 nitrogen and oxygen atoms in total. The zero-order valence-electron chi connectivity index (χ0n) is 13.8. The number of ether oxygens (including phenoxy) is 1. The Labute approximate surface area is 133 Å². The van der Waals surface area contributed by atoms with Crippen molar-refractivity contribution < 1.29 is 9.13 Å². The molecule has 1 unspecified atom stereocenters. The van der Waals surface area contributed by atoms with E-state index in [4.69, 9.17) is 4.74 Å². The van der Waals surface area contributed by atoms with Gasteiger partial charge in [0.25, 0.3) is 0 Å². The third kappa shape index (κ3) is 5.96. The maximum absolute atomic E-state index is 13.0. The molecule has 0 radical (unpaired) electrons. The van der Waals surface area contributed by atoms with Crippen LogP contribution in [0.3, 0.4) is 0 Å². The van der Waals surface area contributed by atoms with Crippen molar-refractivity contribution in [2.75, 3.05) is 20.3 Å². The molecular weight excluding hydrogens is 277 g/mol. The number of benzene rings is 1. The van der Waals surface area contributed by atoms with Crippen molar-refractivity contribution in [2.45, 2.75) is 26.4 Å². The Balaban J connectivity index is 3.00. The van der Waals surface area contributed by atoms with Crippen LogP contribution in [0.1, 0.15) is 19.4 Å². The Morgan fingerprint density at radius 2 is 2.00 bits per heavy atom. The first kappa shape index (κ1) is 18.3. The van der Waals surface area contributed by atoms with Crippen molar-refractivity contribution in [2.24, 2.45) is 0 Å². The Morgan fingerprint density at radius 1 is 1.32 bits per heavy atom. The van der Waals surface area contributed by atoms with E-state index in [1.165, 1.54) is 18.6 Å². The van der Waals surface area contributed by atoms with E-state index in [0.717, 1.165) is 18.7 Å². The topological polar surface area (TPSA) is 12.5 Å². The minimum atomic E-state index is -0.221. The first-order valence-electron chi connectivity index (χ1n) is 7.55. The smallest absolute Gasteiger partial charge is 0.0968 e. The molecule has 0 fully saturated rings. The maximum atomic E-state index is 13.0. The van der Waals surface area contributed by atoms with E-state index in [1.807, 2.05) is 18.2 Å². The molecular formula is C19H26FNO. The fourth-order valence-electron chi connectivity index (χ4n) is 2.36. The molecule has 0 saturated carbocycles. The highest BCUT2D eigenvalue weighted by atomic mass is 19.1. The van der Waals surface area contributed by atoms with Gasteiger partial charge in [-0.1, -0.05) is 56.0 Å². The fraction of sp³-hybridized carbons (Fsp3) is 0.368. The summed E-state index contributed by atoms with van der Waals surface area (Å²) in [4.78, 5) is 2.30. The number of rotatable bonds is 9. The van der Waals surface area contributed by atoms with E-state index < -0.39 is 0 Å². The molecule has 0 bridgehead atoms. The molecule has 0 heterocycles. The van der Waals surface area contributed by atoms with Gasteiger partial charge in [-0.2, -0.15) is 0 Å². The van der Waals surface area contributed by atoms with E-state index in [1.54, 1.807) is 19.3 Å². The lowest BCUT2D eigenvalue weighted by Crippen LogP contribution is -2.39. The van der Waals surface area contributed by atoms with E-state index in [0.29, 0.717) is 6.61 Å². The average Bonchev–Trinajstić information content (AvgIpc) is 2.53. The summed E-state index contributed by atoms with van der Waals surface area (Å²) in [5.41, 5.74) is 2.20. The molecule has 0 aliphatic carbocycles. The molecule has 3 heteroatoms. The highest BCUT2D eigenvalue weighted by Gasteiger charge is 2.19. The van der Waals surface area contributed by atoms with Gasteiger partial charge in [-0.05, 0) is 30.7 Å². The van der Waals surface area contributed by atoms with Gasteiger partial charge >= 0.3 is 0 Å². The predicted molar refractivity (Wildman–Crippen MR) is 91.3 cm³/mol. The Bertz CT molecular complexity index is 503. The molecule has 22 heavy (non-hydrogen) atoms. The molecule has 1 aromatic carbocycles. The summed E-state index contributed by atoms with van der Waals surface area (Å²) in [5.74, 6) is -0.221. The van der Waals surface area contributed by atoms with Gasteiger partial charge in [-0.25, -0.2) is 4.39 Å². The number of halogens is 1. The van der Waals surface area contributed by atoms with Crippen LogP contribution in [0.15, 0.2) is 66.5 Å². The molecule has 0 aromatic heterocycles. The summed E-state index contributed by atoms with van der Waals surface area (Å²) in [6.07, 6.45) is 5.02. The van der Waals surface area contributed by atoms with Crippen molar-refractivity contribution in [3.8, 4) is 0 Å². The number of hydrogen-bond donors (Lipinski definition) is 0. The third-order valence-electron chi connectivity index (χ3n) is 3.53. The summed E-state index contributed by atoms with van der Waals surface area (Å²) in [7, 11) is 1.68. The largest absolute Gasteiger partial charge is 0.383 e. The molecule has 0 spiro atoms. The number of likely N-dealkylation sites (N-methyl/N-ethyl adjacent to an activating group) is 1. The zero-order valence-corrected chi connectivity index (χ0v) is 13.8. The van der Waals surface area contributed by atoms with Crippen molar-refractivity contribution in [3.63, 3.8) is 0 Å². The molecule has 0 N–H and O–H groups in total. The standard InChI is InChI=1S/C19H26FNO/c1-5-18(13-12-16(3)20)19(15-22-4)21(6-2)14-17-10-8-7-9-11-17/h5,7-13,19H,1,6,14-15H2,2-4H3/b16-12+,18-13+. The highest BCUT2D eigenvalue weighted by Crippen LogP contribution is 2.17. The van der Waals surface area contributed by atoms with E-state index in [2.05, 4.69) is 30.5 Å². The van der Waals surface area contributed by atoms with Gasteiger partial charge in [0.2, 0.25) is 0 Å². The predicted octanol–water partition coefficient (Wildman–Crippen LogP) is 4.51. The summed E-state index contributed by atoms with van der Waals surface area (Å²) < 4.78 is 18.4. The number of hydrogen-bond acceptors (Lipinski definition) is 2. The van der Waals surface area contributed by atoms with Gasteiger partial charge in [-0.15, -0.1) is 0 Å². The fourth-order valence-corrected chi connectivity index (χ4v) is 2.36. The Morgan fingerprint density at radius 3 is 2.50 bits per heavy atom. The van der Waals surface area contributed by atoms with Crippen LogP contribution in [0.2, 0.25) is 0 Å². The van der Waals surface area contributed by atoms with Gasteiger partial charge in [0, 0.05) is 13.7 Å². The second-order valence-electron chi connectivity index (χ2n) is 5.14. The third-order valence-corrected chi connectivity index (χ3v) is 3.53. The number of nitrogens with zero attached hydrogens (tertiary/aromatic N) is 1. The van der Waals surface area contributed by atoms with Crippen LogP contribution in [0.25, 0.3) is 0 Å². The van der Waals surface area contributed by atoms with Crippen LogP contribution in [0.5, 0.6) is 0 Å². The van der Waals surface area contributed by atoms with E-state index in [9.17, 15) is 4.39 Å². The molecule has 0 aliphatic rings. The normalized spacial score (nSPS) is 14.2. The highest BCUT2D eigenvalue weighted by molar-refractivity contribution is 5.29. The first-order valence-corrected chi connectivity index (χ1v) is 7.55. The summed E-state index contributed by atoms with van der Waals surface area (Å²) in [5, 5.41) is 0. The Hall–Kier alpha value is -1.71. The second kappa shape index (κ2) is 10.1. The summed E-state index contributed by atoms with van der Waals surface area (Å²) in [6.45, 7) is 9.63. The lowest BCUT2D eigenvalue weighted by molar-refractivity contribution is 0.108. The minimum Gasteiger partial charge on any atom is -0.383 e. The van der Waals surface area contributed by atoms with Gasteiger partial charge in [0.05, 0.1) is 18.5 Å². The monoisotopic (exact) mass is 303 g/mol. The van der Waals surface area contributed by atoms with Crippen molar-refractivity contribution in [1.29, 1.82) is 0 Å². The van der Waals surface area contributed by atoms with Gasteiger partial charge in [0.15, 0.2) is 0 Å². The van der Waals surface area contributed by atoms with Crippen LogP contribution in [-0.2, 0) is 11.3 Å². The number of allylic oxidation sites excluding steroid dienone is 3. The van der Waals surface area contributed by atoms with Crippen LogP contribution in [0.4, 0.5) is 4.39 Å². The van der Waals surface area contributed by atoms with Crippen molar-refractivity contribution in [3.05, 3.63) is 72.1 Å². The molecule has 1 aromatic rings. The van der Waals surface area contributed by atoms with Crippen molar-refractivity contribution in [1.82, 2.24) is 4.90 Å². The van der Waals surface area contributed by atoms with Crippen LogP contribution in [0, 0.1) is 0 Å². The first-order chi connectivity index (χ1) is 10.6. The molecule has 1 rings (SSSR count). The zero-order chi connectivity index (χ0) is 16.4. The van der Waals surface area contributed by atoms with Gasteiger partial charge < -0.3 is 4.74 Å². The Kier molecular flexibility index (Phi) is 8.41. The summed E-state index contributed by atoms with van der Waals surface area (Å²) >= 11 is 0. The van der Waals surface area contributed by atoms with E-state index >= 15 is 0 Å². The average molecular weight is 303 g/mol. The van der Waals surface area contributed by atoms with Crippen LogP contribution >= 0.6 is 0 Å². The maximum Gasteiger partial charge on any atom is 0.0968 e. The van der Waals surface area contributed by atoms with Crippen LogP contribution < -0.4 is 0 Å². The lowest BCUT2D eigenvalue weighted by atomic mass is 10.0. The van der Waals surface area contributed by atoms with Crippen LogP contribution in [-0.4, -0.2) is 31.2 Å². The molecule has 0 amide bonds. The van der Waals surface area contributed by atoms with Gasteiger partial charge in [0.1, 0.15) is 0 Å². The summed E-state index contributed by atoms with van der Waals surface area (Å²) in [6, 6.07) is 10.3. The van der Waals surface area contributed by atoms with Crippen molar-refractivity contribution >= 4 is 0 Å². The van der Waals surface area contributed by atoms with E-state index in [-0.39, 0.29) is 11.9 Å². The molecule has 0 aliphatic heterocycles.